The van der Waals surface area contributed by atoms with Gasteiger partial charge in [0.05, 0.1) is 5.60 Å². The van der Waals surface area contributed by atoms with Crippen LogP contribution in [0.4, 0.5) is 0 Å². The molecule has 0 bridgehead atoms. The van der Waals surface area contributed by atoms with E-state index < -0.39 is 0 Å². The molecule has 1 fully saturated rings. The molecule has 0 spiro atoms. The second-order valence-electron chi connectivity index (χ2n) is 9.77. The van der Waals surface area contributed by atoms with Crippen LogP contribution in [0.3, 0.4) is 0 Å². The van der Waals surface area contributed by atoms with Crippen molar-refractivity contribution in [1.29, 1.82) is 0 Å². The van der Waals surface area contributed by atoms with E-state index in [4.69, 9.17) is 4.74 Å². The van der Waals surface area contributed by atoms with Crippen molar-refractivity contribution in [2.45, 2.75) is 117 Å². The van der Waals surface area contributed by atoms with Gasteiger partial charge in [-0.3, -0.25) is 0 Å². The minimum Gasteiger partial charge on any atom is -0.376 e. The molecule has 0 aromatic rings. The first-order valence-corrected chi connectivity index (χ1v) is 11.3. The standard InChI is InChI=1S/C24H44O/c1-5-6-11-20-13-15-22(18-20)23-16-14-21(19-23)12-9-7-8-10-17-25-24(2,3)4/h16,20-22H,5-15,17-19H2,1-4H3. The van der Waals surface area contributed by atoms with Crippen molar-refractivity contribution in [1.82, 2.24) is 0 Å². The first-order valence-electron chi connectivity index (χ1n) is 11.3. The zero-order valence-corrected chi connectivity index (χ0v) is 17.6. The monoisotopic (exact) mass is 348 g/mol. The maximum atomic E-state index is 5.81. The molecular weight excluding hydrogens is 304 g/mol. The van der Waals surface area contributed by atoms with Crippen molar-refractivity contribution in [3.8, 4) is 0 Å². The first kappa shape index (κ1) is 21.0. The zero-order chi connectivity index (χ0) is 18.1. The van der Waals surface area contributed by atoms with Crippen LogP contribution in [-0.4, -0.2) is 12.2 Å². The summed E-state index contributed by atoms with van der Waals surface area (Å²) in [7, 11) is 0. The molecule has 1 saturated carbocycles. The van der Waals surface area contributed by atoms with Gasteiger partial charge >= 0.3 is 0 Å². The highest BCUT2D eigenvalue weighted by atomic mass is 16.5. The zero-order valence-electron chi connectivity index (χ0n) is 17.6. The topological polar surface area (TPSA) is 9.23 Å². The molecule has 146 valence electrons. The highest BCUT2D eigenvalue weighted by Crippen LogP contribution is 2.43. The number of unbranched alkanes of at least 4 members (excludes halogenated alkanes) is 4. The van der Waals surface area contributed by atoms with E-state index in [0.29, 0.717) is 0 Å². The Morgan fingerprint density at radius 1 is 0.960 bits per heavy atom. The van der Waals surface area contributed by atoms with Gasteiger partial charge < -0.3 is 4.74 Å². The molecule has 0 aliphatic heterocycles. The minimum atomic E-state index is 0.0295. The third-order valence-electron chi connectivity index (χ3n) is 6.31. The molecule has 0 heterocycles. The van der Waals surface area contributed by atoms with Crippen molar-refractivity contribution in [3.63, 3.8) is 0 Å². The van der Waals surface area contributed by atoms with Crippen LogP contribution in [0.2, 0.25) is 0 Å². The summed E-state index contributed by atoms with van der Waals surface area (Å²) in [6.07, 6.45) is 21.1. The van der Waals surface area contributed by atoms with Gasteiger partial charge in [0.1, 0.15) is 0 Å². The van der Waals surface area contributed by atoms with E-state index in [1.54, 1.807) is 0 Å². The normalized spacial score (nSPS) is 27.0. The summed E-state index contributed by atoms with van der Waals surface area (Å²) in [5, 5.41) is 0. The highest BCUT2D eigenvalue weighted by Gasteiger charge is 2.29. The molecule has 2 aliphatic rings. The third-order valence-corrected chi connectivity index (χ3v) is 6.31. The van der Waals surface area contributed by atoms with Gasteiger partial charge in [0.15, 0.2) is 0 Å². The van der Waals surface area contributed by atoms with Gasteiger partial charge in [-0.05, 0) is 83.5 Å². The summed E-state index contributed by atoms with van der Waals surface area (Å²) in [6, 6.07) is 0. The Balaban J connectivity index is 1.50. The average molecular weight is 349 g/mol. The molecular formula is C24H44O. The third kappa shape index (κ3) is 8.29. The predicted molar refractivity (Wildman–Crippen MR) is 110 cm³/mol. The summed E-state index contributed by atoms with van der Waals surface area (Å²) in [5.41, 5.74) is 1.88. The summed E-state index contributed by atoms with van der Waals surface area (Å²) < 4.78 is 5.81. The fourth-order valence-corrected chi connectivity index (χ4v) is 4.80. The van der Waals surface area contributed by atoms with Crippen LogP contribution in [0.25, 0.3) is 0 Å². The minimum absolute atomic E-state index is 0.0295. The second-order valence-corrected chi connectivity index (χ2v) is 9.77. The van der Waals surface area contributed by atoms with Crippen LogP contribution in [0, 0.1) is 17.8 Å². The Labute approximate surface area is 158 Å². The van der Waals surface area contributed by atoms with Crippen LogP contribution in [0.1, 0.15) is 111 Å². The van der Waals surface area contributed by atoms with Gasteiger partial charge in [-0.2, -0.15) is 0 Å². The summed E-state index contributed by atoms with van der Waals surface area (Å²) in [4.78, 5) is 0. The molecule has 0 radical (unpaired) electrons. The Morgan fingerprint density at radius 2 is 1.72 bits per heavy atom. The Bertz CT molecular complexity index is 389. The lowest BCUT2D eigenvalue weighted by atomic mass is 9.90. The van der Waals surface area contributed by atoms with Crippen molar-refractivity contribution >= 4 is 0 Å². The molecule has 0 N–H and O–H groups in total. The number of hydrogen-bond donors (Lipinski definition) is 0. The van der Waals surface area contributed by atoms with Crippen LogP contribution in [-0.2, 0) is 4.74 Å². The van der Waals surface area contributed by atoms with Gasteiger partial charge in [0, 0.05) is 6.61 Å². The molecule has 3 atom stereocenters. The van der Waals surface area contributed by atoms with Gasteiger partial charge in [-0.25, -0.2) is 0 Å². The van der Waals surface area contributed by atoms with Gasteiger partial charge in [0.2, 0.25) is 0 Å². The summed E-state index contributed by atoms with van der Waals surface area (Å²) in [6.45, 7) is 9.70. The van der Waals surface area contributed by atoms with E-state index in [0.717, 1.165) is 24.4 Å². The van der Waals surface area contributed by atoms with Crippen LogP contribution in [0.15, 0.2) is 11.6 Å². The van der Waals surface area contributed by atoms with Gasteiger partial charge in [-0.15, -0.1) is 0 Å². The first-order chi connectivity index (χ1) is 12.0. The fraction of sp³-hybridized carbons (Fsp3) is 0.917. The Morgan fingerprint density at radius 3 is 2.48 bits per heavy atom. The van der Waals surface area contributed by atoms with E-state index in [1.807, 2.05) is 5.57 Å². The molecule has 2 rings (SSSR count). The summed E-state index contributed by atoms with van der Waals surface area (Å²) in [5.74, 6) is 2.97. The van der Waals surface area contributed by atoms with Crippen molar-refractivity contribution in [2.75, 3.05) is 6.61 Å². The molecule has 1 nitrogen and oxygen atoms in total. The lowest BCUT2D eigenvalue weighted by Crippen LogP contribution is -2.19. The van der Waals surface area contributed by atoms with Crippen molar-refractivity contribution in [2.24, 2.45) is 17.8 Å². The number of hydrogen-bond acceptors (Lipinski definition) is 1. The molecule has 2 aliphatic carbocycles. The molecule has 0 aromatic carbocycles. The molecule has 0 aromatic heterocycles. The molecule has 25 heavy (non-hydrogen) atoms. The smallest absolute Gasteiger partial charge is 0.0598 e. The number of rotatable bonds is 11. The number of allylic oxidation sites excluding steroid dienone is 2. The van der Waals surface area contributed by atoms with Crippen LogP contribution < -0.4 is 0 Å². The van der Waals surface area contributed by atoms with E-state index in [9.17, 15) is 0 Å². The van der Waals surface area contributed by atoms with E-state index in [2.05, 4.69) is 33.8 Å². The maximum Gasteiger partial charge on any atom is 0.0598 e. The highest BCUT2D eigenvalue weighted by molar-refractivity contribution is 5.15. The largest absolute Gasteiger partial charge is 0.376 e. The Hall–Kier alpha value is -0.300. The van der Waals surface area contributed by atoms with Crippen molar-refractivity contribution in [3.05, 3.63) is 11.6 Å². The van der Waals surface area contributed by atoms with E-state index in [-0.39, 0.29) is 5.60 Å². The van der Waals surface area contributed by atoms with E-state index in [1.165, 1.54) is 83.5 Å². The lowest BCUT2D eigenvalue weighted by Gasteiger charge is -2.19. The second kappa shape index (κ2) is 10.8. The fourth-order valence-electron chi connectivity index (χ4n) is 4.80. The molecule has 3 unspecified atom stereocenters. The molecule has 1 heteroatoms. The predicted octanol–water partition coefficient (Wildman–Crippen LogP) is 7.69. The maximum absolute atomic E-state index is 5.81. The van der Waals surface area contributed by atoms with Crippen LogP contribution >= 0.6 is 0 Å². The lowest BCUT2D eigenvalue weighted by molar-refractivity contribution is -0.00476. The van der Waals surface area contributed by atoms with Crippen LogP contribution in [0.5, 0.6) is 0 Å². The van der Waals surface area contributed by atoms with Gasteiger partial charge in [0.25, 0.3) is 0 Å². The Kier molecular flexibility index (Phi) is 9.03. The van der Waals surface area contributed by atoms with Crippen molar-refractivity contribution < 1.29 is 4.74 Å². The quantitative estimate of drug-likeness (QED) is 0.274. The van der Waals surface area contributed by atoms with E-state index >= 15 is 0 Å². The SMILES string of the molecule is CCCCC1CCC(C2=CCC(CCCCCCOC(C)(C)C)C2)C1. The van der Waals surface area contributed by atoms with Gasteiger partial charge in [-0.1, -0.05) is 57.1 Å². The average Bonchev–Trinajstić information content (AvgIpc) is 3.20. The molecule has 0 amide bonds. The molecule has 0 saturated heterocycles. The number of ether oxygens (including phenoxy) is 1. The summed E-state index contributed by atoms with van der Waals surface area (Å²) >= 11 is 0.